The molecule has 0 fully saturated rings. The third-order valence-electron chi connectivity index (χ3n) is 2.18. The Morgan fingerprint density at radius 3 is 2.53 bits per heavy atom. The summed E-state index contributed by atoms with van der Waals surface area (Å²) in [5.74, 6) is 6.76. The van der Waals surface area contributed by atoms with Crippen LogP contribution in [0.4, 0.5) is 23.1 Å². The molecule has 0 saturated carbocycles. The van der Waals surface area contributed by atoms with Crippen molar-refractivity contribution in [2.24, 2.45) is 5.84 Å². The molecular weight excluding hydrogens is 218 g/mol. The molecule has 88 valence electrons. The number of rotatable bonds is 3. The van der Waals surface area contributed by atoms with E-state index in [2.05, 4.69) is 25.7 Å². The first-order chi connectivity index (χ1) is 8.20. The average Bonchev–Trinajstić information content (AvgIpc) is 2.35. The van der Waals surface area contributed by atoms with Crippen molar-refractivity contribution in [2.45, 2.75) is 6.92 Å². The van der Waals surface area contributed by atoms with E-state index >= 15 is 0 Å². The van der Waals surface area contributed by atoms with Gasteiger partial charge in [0.1, 0.15) is 17.8 Å². The van der Waals surface area contributed by atoms with Crippen LogP contribution in [0.3, 0.4) is 0 Å². The maximum absolute atomic E-state index is 5.81. The average molecular weight is 231 g/mol. The number of nitrogens with one attached hydrogen (secondary N) is 2. The van der Waals surface area contributed by atoms with Crippen molar-refractivity contribution in [3.63, 3.8) is 0 Å². The third-order valence-corrected chi connectivity index (χ3v) is 2.18. The van der Waals surface area contributed by atoms with Crippen LogP contribution in [0.25, 0.3) is 0 Å². The number of nitrogen functional groups attached to an aromatic ring is 2. The molecule has 0 saturated heterocycles. The van der Waals surface area contributed by atoms with Crippen molar-refractivity contribution in [3.05, 3.63) is 30.2 Å². The first kappa shape index (κ1) is 11.1. The fourth-order valence-electron chi connectivity index (χ4n) is 1.27. The van der Waals surface area contributed by atoms with Crippen LogP contribution in [0, 0.1) is 6.92 Å². The second kappa shape index (κ2) is 4.62. The Labute approximate surface area is 98.3 Å². The molecule has 2 heterocycles. The topological polar surface area (TPSA) is 115 Å². The van der Waals surface area contributed by atoms with Crippen molar-refractivity contribution >= 4 is 23.1 Å². The number of nitrogens with zero attached hydrogens (tertiary/aromatic N) is 3. The minimum atomic E-state index is 0.345. The Morgan fingerprint density at radius 2 is 1.88 bits per heavy atom. The molecule has 7 nitrogen and oxygen atoms in total. The predicted molar refractivity (Wildman–Crippen MR) is 66.5 cm³/mol. The Bertz CT molecular complexity index is 509. The Hall–Kier alpha value is -2.41. The van der Waals surface area contributed by atoms with E-state index < -0.39 is 0 Å². The lowest BCUT2D eigenvalue weighted by Crippen LogP contribution is -2.12. The van der Waals surface area contributed by atoms with Crippen LogP contribution in [0.5, 0.6) is 0 Å². The zero-order valence-electron chi connectivity index (χ0n) is 9.31. The molecule has 17 heavy (non-hydrogen) atoms. The molecule has 0 aliphatic rings. The highest BCUT2D eigenvalue weighted by atomic mass is 15.3. The lowest BCUT2D eigenvalue weighted by molar-refractivity contribution is 1.13. The molecule has 0 aliphatic carbocycles. The van der Waals surface area contributed by atoms with E-state index in [1.54, 1.807) is 6.20 Å². The fourth-order valence-corrected chi connectivity index (χ4v) is 1.27. The van der Waals surface area contributed by atoms with Crippen molar-refractivity contribution in [1.82, 2.24) is 15.0 Å². The molecule has 0 bridgehead atoms. The van der Waals surface area contributed by atoms with Gasteiger partial charge in [0.2, 0.25) is 0 Å². The number of hydrogen-bond acceptors (Lipinski definition) is 7. The molecule has 0 atom stereocenters. The molecule has 0 radical (unpaired) electrons. The number of aromatic nitrogens is 3. The summed E-state index contributed by atoms with van der Waals surface area (Å²) in [5, 5.41) is 2.99. The van der Waals surface area contributed by atoms with Gasteiger partial charge in [0.15, 0.2) is 11.6 Å². The molecule has 0 spiro atoms. The molecule has 2 aromatic heterocycles. The summed E-state index contributed by atoms with van der Waals surface area (Å²) < 4.78 is 0. The lowest BCUT2D eigenvalue weighted by atomic mass is 10.3. The minimum absolute atomic E-state index is 0.345. The highest BCUT2D eigenvalue weighted by Gasteiger charge is 2.07. The maximum atomic E-state index is 5.81. The van der Waals surface area contributed by atoms with Gasteiger partial charge >= 0.3 is 0 Å². The maximum Gasteiger partial charge on any atom is 0.168 e. The van der Waals surface area contributed by atoms with Gasteiger partial charge in [0.25, 0.3) is 0 Å². The van der Waals surface area contributed by atoms with Crippen molar-refractivity contribution in [2.75, 3.05) is 16.5 Å². The third kappa shape index (κ3) is 2.40. The fraction of sp³-hybridized carbons (Fsp3) is 0.100. The second-order valence-electron chi connectivity index (χ2n) is 3.47. The van der Waals surface area contributed by atoms with Gasteiger partial charge in [0.05, 0.1) is 0 Å². The number of aryl methyl sites for hydroxylation is 1. The molecule has 0 unspecified atom stereocenters. The standard InChI is InChI=1S/C10H13N7/c1-6-2-3-7(13-4-6)16-9-8(11)10(17-12)15-5-14-9/h2-5H,11-12H2,1H3,(H2,13,14,15,16,17). The zero-order chi connectivity index (χ0) is 12.3. The number of nitrogens with two attached hydrogens (primary N) is 2. The number of anilines is 4. The van der Waals surface area contributed by atoms with Crippen LogP contribution in [0.15, 0.2) is 24.7 Å². The van der Waals surface area contributed by atoms with E-state index in [1.165, 1.54) is 6.33 Å². The summed E-state index contributed by atoms with van der Waals surface area (Å²) in [6, 6.07) is 3.78. The van der Waals surface area contributed by atoms with Gasteiger partial charge in [-0.25, -0.2) is 20.8 Å². The largest absolute Gasteiger partial charge is 0.393 e. The molecule has 0 aliphatic heterocycles. The molecule has 6 N–H and O–H groups in total. The molecular formula is C10H13N7. The van der Waals surface area contributed by atoms with Crippen molar-refractivity contribution < 1.29 is 0 Å². The predicted octanol–water partition coefficient (Wildman–Crippen LogP) is 0.791. The van der Waals surface area contributed by atoms with Gasteiger partial charge in [-0.3, -0.25) is 0 Å². The van der Waals surface area contributed by atoms with E-state index in [0.717, 1.165) is 5.56 Å². The number of hydrazine groups is 1. The summed E-state index contributed by atoms with van der Waals surface area (Å²) in [5.41, 5.74) is 9.63. The summed E-state index contributed by atoms with van der Waals surface area (Å²) in [6.45, 7) is 1.96. The first-order valence-corrected chi connectivity index (χ1v) is 4.97. The van der Waals surface area contributed by atoms with Gasteiger partial charge in [-0.15, -0.1) is 0 Å². The van der Waals surface area contributed by atoms with E-state index in [0.29, 0.717) is 23.1 Å². The Balaban J connectivity index is 2.27. The van der Waals surface area contributed by atoms with Crippen molar-refractivity contribution in [1.29, 1.82) is 0 Å². The monoisotopic (exact) mass is 231 g/mol. The van der Waals surface area contributed by atoms with Crippen LogP contribution >= 0.6 is 0 Å². The van der Waals surface area contributed by atoms with Gasteiger partial charge in [-0.2, -0.15) is 0 Å². The second-order valence-corrected chi connectivity index (χ2v) is 3.47. The zero-order valence-corrected chi connectivity index (χ0v) is 9.31. The lowest BCUT2D eigenvalue weighted by Gasteiger charge is -2.09. The first-order valence-electron chi connectivity index (χ1n) is 4.97. The van der Waals surface area contributed by atoms with E-state index in [-0.39, 0.29) is 0 Å². The van der Waals surface area contributed by atoms with Gasteiger partial charge < -0.3 is 16.5 Å². The molecule has 2 aromatic rings. The van der Waals surface area contributed by atoms with Crippen LogP contribution in [-0.4, -0.2) is 15.0 Å². The van der Waals surface area contributed by atoms with Gasteiger partial charge in [0, 0.05) is 6.20 Å². The highest BCUT2D eigenvalue weighted by Crippen LogP contribution is 2.23. The van der Waals surface area contributed by atoms with Crippen LogP contribution in [0.2, 0.25) is 0 Å². The number of hydrogen-bond donors (Lipinski definition) is 4. The van der Waals surface area contributed by atoms with Crippen LogP contribution in [-0.2, 0) is 0 Å². The highest BCUT2D eigenvalue weighted by molar-refractivity contribution is 5.76. The summed E-state index contributed by atoms with van der Waals surface area (Å²) in [7, 11) is 0. The quantitative estimate of drug-likeness (QED) is 0.456. The van der Waals surface area contributed by atoms with E-state index in [4.69, 9.17) is 11.6 Å². The summed E-state index contributed by atoms with van der Waals surface area (Å²) in [4.78, 5) is 12.1. The Morgan fingerprint density at radius 1 is 1.12 bits per heavy atom. The smallest absolute Gasteiger partial charge is 0.168 e. The van der Waals surface area contributed by atoms with E-state index in [9.17, 15) is 0 Å². The van der Waals surface area contributed by atoms with E-state index in [1.807, 2.05) is 19.1 Å². The Kier molecular flexibility index (Phi) is 3.01. The van der Waals surface area contributed by atoms with Crippen LogP contribution < -0.4 is 22.3 Å². The summed E-state index contributed by atoms with van der Waals surface area (Å²) in [6.07, 6.45) is 3.11. The normalized spacial score (nSPS) is 10.0. The minimum Gasteiger partial charge on any atom is -0.393 e. The molecule has 2 rings (SSSR count). The molecule has 0 amide bonds. The van der Waals surface area contributed by atoms with Gasteiger partial charge in [-0.1, -0.05) is 6.07 Å². The van der Waals surface area contributed by atoms with Crippen molar-refractivity contribution in [3.8, 4) is 0 Å². The summed E-state index contributed by atoms with van der Waals surface area (Å²) >= 11 is 0. The van der Waals surface area contributed by atoms with Crippen LogP contribution in [0.1, 0.15) is 5.56 Å². The molecule has 0 aromatic carbocycles. The SMILES string of the molecule is Cc1ccc(Nc2ncnc(NN)c2N)nc1. The molecule has 7 heteroatoms. The number of pyridine rings is 1. The van der Waals surface area contributed by atoms with Gasteiger partial charge in [-0.05, 0) is 18.6 Å².